The number of imidazole rings is 1. The molecule has 0 atom stereocenters. The second-order valence-electron chi connectivity index (χ2n) is 9.96. The Bertz CT molecular complexity index is 1970. The average Bonchev–Trinajstić information content (AvgIpc) is 3.62. The first-order valence-corrected chi connectivity index (χ1v) is 13.2. The fraction of sp³-hybridized carbons (Fsp3) is 0.125. The van der Waals surface area contributed by atoms with Crippen LogP contribution in [0.1, 0.15) is 38.6 Å². The largest absolute Gasteiger partial charge is 0.478 e. The fourth-order valence-electron chi connectivity index (χ4n) is 4.74. The third-order valence-electron chi connectivity index (χ3n) is 6.95. The van der Waals surface area contributed by atoms with Gasteiger partial charge < -0.3 is 18.9 Å². The molecule has 0 amide bonds. The summed E-state index contributed by atoms with van der Waals surface area (Å²) in [5, 5.41) is 13.3. The lowest BCUT2D eigenvalue weighted by Gasteiger charge is -2.11. The Balaban J connectivity index is 1.28. The SMILES string of the molecule is Cc1ccc(COc2cccc(-c3ccc(Cc4nc5c(F)cc(C(=O)O)cc5n4Cc4ccon4)c(F)c3)n2)c(F)c1. The smallest absolute Gasteiger partial charge is 0.335 e. The van der Waals surface area contributed by atoms with Crippen LogP contribution in [0.25, 0.3) is 22.3 Å². The van der Waals surface area contributed by atoms with E-state index in [0.29, 0.717) is 28.3 Å². The van der Waals surface area contributed by atoms with Gasteiger partial charge in [0.2, 0.25) is 5.88 Å². The molecular formula is C32H23F3N4O4. The first-order chi connectivity index (χ1) is 20.7. The molecule has 0 radical (unpaired) electrons. The minimum atomic E-state index is -1.29. The van der Waals surface area contributed by atoms with E-state index in [1.54, 1.807) is 60.0 Å². The number of nitrogens with zero attached hydrogens (tertiary/aromatic N) is 4. The number of carboxylic acid groups (broad SMARTS) is 1. The number of carbonyl (C=O) groups is 1. The molecule has 0 fully saturated rings. The Kier molecular flexibility index (Phi) is 7.37. The quantitative estimate of drug-likeness (QED) is 0.201. The van der Waals surface area contributed by atoms with Crippen LogP contribution in [-0.4, -0.2) is 30.8 Å². The summed E-state index contributed by atoms with van der Waals surface area (Å²) in [5.41, 5.74) is 2.87. The van der Waals surface area contributed by atoms with Gasteiger partial charge >= 0.3 is 5.97 Å². The molecular weight excluding hydrogens is 561 g/mol. The molecule has 11 heteroatoms. The fourth-order valence-corrected chi connectivity index (χ4v) is 4.74. The van der Waals surface area contributed by atoms with E-state index < -0.39 is 17.6 Å². The summed E-state index contributed by atoms with van der Waals surface area (Å²) >= 11 is 0. The summed E-state index contributed by atoms with van der Waals surface area (Å²) < 4.78 is 56.7. The van der Waals surface area contributed by atoms with Gasteiger partial charge in [-0.15, -0.1) is 0 Å². The molecule has 0 aliphatic carbocycles. The Morgan fingerprint density at radius 2 is 1.74 bits per heavy atom. The van der Waals surface area contributed by atoms with E-state index in [9.17, 15) is 18.7 Å². The number of aromatic nitrogens is 4. The Hall–Kier alpha value is -5.45. The molecule has 216 valence electrons. The van der Waals surface area contributed by atoms with Crippen molar-refractivity contribution in [3.63, 3.8) is 0 Å². The van der Waals surface area contributed by atoms with Gasteiger partial charge in [0.25, 0.3) is 0 Å². The molecule has 3 heterocycles. The van der Waals surface area contributed by atoms with Crippen LogP contribution in [-0.2, 0) is 19.6 Å². The second kappa shape index (κ2) is 11.4. The van der Waals surface area contributed by atoms with Crippen LogP contribution in [0.2, 0.25) is 0 Å². The van der Waals surface area contributed by atoms with Crippen LogP contribution in [0.5, 0.6) is 5.88 Å². The van der Waals surface area contributed by atoms with Crippen molar-refractivity contribution in [3.05, 3.63) is 130 Å². The number of benzene rings is 3. The highest BCUT2D eigenvalue weighted by molar-refractivity contribution is 5.92. The molecule has 0 aliphatic heterocycles. The van der Waals surface area contributed by atoms with Gasteiger partial charge in [-0.05, 0) is 48.4 Å². The van der Waals surface area contributed by atoms with Gasteiger partial charge in [0.1, 0.15) is 41.5 Å². The summed E-state index contributed by atoms with van der Waals surface area (Å²) in [5.74, 6) is -2.44. The van der Waals surface area contributed by atoms with E-state index in [1.165, 1.54) is 24.5 Å². The van der Waals surface area contributed by atoms with Crippen LogP contribution in [0, 0.1) is 24.4 Å². The van der Waals surface area contributed by atoms with Gasteiger partial charge in [-0.1, -0.05) is 35.5 Å². The first kappa shape index (κ1) is 27.7. The zero-order valence-corrected chi connectivity index (χ0v) is 22.7. The molecule has 1 N–H and O–H groups in total. The Morgan fingerprint density at radius 3 is 2.49 bits per heavy atom. The summed E-state index contributed by atoms with van der Waals surface area (Å²) in [6.45, 7) is 1.89. The van der Waals surface area contributed by atoms with Crippen molar-refractivity contribution in [2.75, 3.05) is 0 Å². The number of aromatic carboxylic acids is 1. The highest BCUT2D eigenvalue weighted by Gasteiger charge is 2.20. The van der Waals surface area contributed by atoms with E-state index in [0.717, 1.165) is 11.6 Å². The molecule has 0 unspecified atom stereocenters. The molecule has 0 aliphatic rings. The minimum Gasteiger partial charge on any atom is -0.478 e. The van der Waals surface area contributed by atoms with Crippen LogP contribution < -0.4 is 4.74 Å². The van der Waals surface area contributed by atoms with Crippen molar-refractivity contribution >= 4 is 17.0 Å². The maximum Gasteiger partial charge on any atom is 0.335 e. The van der Waals surface area contributed by atoms with Crippen LogP contribution >= 0.6 is 0 Å². The van der Waals surface area contributed by atoms with Crippen molar-refractivity contribution in [1.82, 2.24) is 19.7 Å². The lowest BCUT2D eigenvalue weighted by Crippen LogP contribution is -2.08. The van der Waals surface area contributed by atoms with Crippen LogP contribution in [0.4, 0.5) is 13.2 Å². The van der Waals surface area contributed by atoms with E-state index in [2.05, 4.69) is 15.1 Å². The monoisotopic (exact) mass is 584 g/mol. The number of ether oxygens (including phenoxy) is 1. The molecule has 6 rings (SSSR count). The van der Waals surface area contributed by atoms with Crippen molar-refractivity contribution in [2.24, 2.45) is 0 Å². The number of carboxylic acids is 1. The maximum atomic E-state index is 15.5. The van der Waals surface area contributed by atoms with E-state index >= 15 is 4.39 Å². The highest BCUT2D eigenvalue weighted by Crippen LogP contribution is 2.27. The lowest BCUT2D eigenvalue weighted by molar-refractivity contribution is 0.0696. The maximum absolute atomic E-state index is 15.5. The minimum absolute atomic E-state index is 0.0141. The van der Waals surface area contributed by atoms with Gasteiger partial charge in [-0.3, -0.25) is 0 Å². The van der Waals surface area contributed by atoms with Crippen molar-refractivity contribution < 1.29 is 32.3 Å². The number of hydrogen-bond acceptors (Lipinski definition) is 6. The molecule has 8 nitrogen and oxygen atoms in total. The van der Waals surface area contributed by atoms with Gasteiger partial charge in [0, 0.05) is 29.7 Å². The summed E-state index contributed by atoms with van der Waals surface area (Å²) in [7, 11) is 0. The van der Waals surface area contributed by atoms with Crippen LogP contribution in [0.3, 0.4) is 0 Å². The van der Waals surface area contributed by atoms with Crippen molar-refractivity contribution in [1.29, 1.82) is 0 Å². The highest BCUT2D eigenvalue weighted by atomic mass is 19.1. The molecule has 6 aromatic rings. The number of hydrogen-bond donors (Lipinski definition) is 1. The third kappa shape index (κ3) is 5.82. The summed E-state index contributed by atoms with van der Waals surface area (Å²) in [6, 6.07) is 18.4. The molecule has 0 saturated heterocycles. The predicted octanol–water partition coefficient (Wildman–Crippen LogP) is 6.73. The molecule has 0 spiro atoms. The topological polar surface area (TPSA) is 103 Å². The third-order valence-corrected chi connectivity index (χ3v) is 6.95. The standard InChI is InChI=1S/C32H23F3N4O4/c1-18-5-6-21(24(33)11-18)17-42-30-4-2-3-27(36-30)20-8-7-19(25(34)12-20)15-29-37-31-26(35)13-22(32(40)41)14-28(31)39(29)16-23-9-10-43-38-23/h2-14H,15-17H2,1H3,(H,40,41). The van der Waals surface area contributed by atoms with Gasteiger partial charge in [-0.25, -0.2) is 27.9 Å². The predicted molar refractivity (Wildman–Crippen MR) is 150 cm³/mol. The van der Waals surface area contributed by atoms with E-state index in [-0.39, 0.29) is 53.4 Å². The Morgan fingerprint density at radius 1 is 0.930 bits per heavy atom. The van der Waals surface area contributed by atoms with Gasteiger partial charge in [0.15, 0.2) is 5.82 Å². The summed E-state index contributed by atoms with van der Waals surface area (Å²) in [4.78, 5) is 20.4. The van der Waals surface area contributed by atoms with Crippen LogP contribution in [0.15, 0.2) is 83.6 Å². The molecule has 0 saturated carbocycles. The zero-order chi connectivity index (χ0) is 30.1. The molecule has 0 bridgehead atoms. The number of rotatable bonds is 9. The normalized spacial score (nSPS) is 11.3. The summed E-state index contributed by atoms with van der Waals surface area (Å²) in [6.07, 6.45) is 1.36. The lowest BCUT2D eigenvalue weighted by atomic mass is 10.1. The Labute approximate surface area is 243 Å². The average molecular weight is 585 g/mol. The number of pyridine rings is 1. The van der Waals surface area contributed by atoms with Crippen molar-refractivity contribution in [2.45, 2.75) is 26.5 Å². The van der Waals surface area contributed by atoms with E-state index in [4.69, 9.17) is 9.26 Å². The zero-order valence-electron chi connectivity index (χ0n) is 22.7. The number of fused-ring (bicyclic) bond motifs is 1. The van der Waals surface area contributed by atoms with E-state index in [1.807, 2.05) is 0 Å². The molecule has 43 heavy (non-hydrogen) atoms. The first-order valence-electron chi connectivity index (χ1n) is 13.2. The van der Waals surface area contributed by atoms with Gasteiger partial charge in [0.05, 0.1) is 23.3 Å². The molecule has 3 aromatic carbocycles. The van der Waals surface area contributed by atoms with Crippen molar-refractivity contribution in [3.8, 4) is 17.1 Å². The number of halogens is 3. The second-order valence-corrected chi connectivity index (χ2v) is 9.96. The molecule has 3 aromatic heterocycles. The van der Waals surface area contributed by atoms with Gasteiger partial charge in [-0.2, -0.15) is 0 Å². The number of aryl methyl sites for hydroxylation is 1.